The van der Waals surface area contributed by atoms with Crippen LogP contribution in [0.15, 0.2) is 64.6 Å². The second-order valence-corrected chi connectivity index (χ2v) is 6.61. The number of nitrogens with one attached hydrogen (secondary N) is 1. The minimum atomic E-state index is 0.665. The summed E-state index contributed by atoms with van der Waals surface area (Å²) in [6.07, 6.45) is 3.55. The maximum Gasteiger partial charge on any atom is 0.229 e. The van der Waals surface area contributed by atoms with Crippen LogP contribution in [0.1, 0.15) is 0 Å². The molecule has 0 radical (unpaired) electrons. The molecule has 120 valence electrons. The molecule has 7 heteroatoms. The quantitative estimate of drug-likeness (QED) is 0.582. The van der Waals surface area contributed by atoms with Gasteiger partial charge in [-0.05, 0) is 42.5 Å². The molecule has 2 aromatic heterocycles. The maximum atomic E-state index is 6.43. The van der Waals surface area contributed by atoms with Crippen molar-refractivity contribution in [1.29, 1.82) is 0 Å². The number of halogens is 1. The van der Waals surface area contributed by atoms with E-state index in [2.05, 4.69) is 15.1 Å². The molecule has 2 heterocycles. The molecule has 2 aromatic carbocycles. The lowest BCUT2D eigenvalue weighted by molar-refractivity contribution is 0.414. The zero-order chi connectivity index (χ0) is 16.5. The van der Waals surface area contributed by atoms with Gasteiger partial charge < -0.3 is 9.72 Å². The van der Waals surface area contributed by atoms with Crippen LogP contribution in [0, 0.1) is 0 Å². The Labute approximate surface area is 147 Å². The highest BCUT2D eigenvalue weighted by atomic mass is 35.5. The van der Waals surface area contributed by atoms with Crippen LogP contribution in [0.4, 0.5) is 0 Å². The van der Waals surface area contributed by atoms with E-state index in [0.717, 1.165) is 26.6 Å². The Bertz CT molecular complexity index is 980. The zero-order valence-electron chi connectivity index (χ0n) is 12.7. The van der Waals surface area contributed by atoms with Crippen LogP contribution in [0.5, 0.6) is 5.75 Å². The van der Waals surface area contributed by atoms with Gasteiger partial charge in [0.05, 0.1) is 23.2 Å². The molecule has 0 bridgehead atoms. The first-order chi connectivity index (χ1) is 11.7. The number of ether oxygens (including phenoxy) is 1. The van der Waals surface area contributed by atoms with Crippen molar-refractivity contribution in [3.63, 3.8) is 0 Å². The maximum absolute atomic E-state index is 6.43. The van der Waals surface area contributed by atoms with E-state index in [9.17, 15) is 0 Å². The molecule has 4 aromatic rings. The van der Waals surface area contributed by atoms with Crippen LogP contribution in [0.2, 0.25) is 5.02 Å². The Morgan fingerprint density at radius 2 is 2.04 bits per heavy atom. The molecule has 0 saturated carbocycles. The summed E-state index contributed by atoms with van der Waals surface area (Å²) in [4.78, 5) is 9.84. The van der Waals surface area contributed by atoms with E-state index in [0.29, 0.717) is 11.0 Å². The van der Waals surface area contributed by atoms with Crippen LogP contribution in [-0.2, 0) is 0 Å². The van der Waals surface area contributed by atoms with Gasteiger partial charge in [-0.3, -0.25) is 0 Å². The minimum Gasteiger partial charge on any atom is -0.497 e. The summed E-state index contributed by atoms with van der Waals surface area (Å²) < 4.78 is 6.87. The highest BCUT2D eigenvalue weighted by Crippen LogP contribution is 2.36. The fourth-order valence-corrected chi connectivity index (χ4v) is 3.48. The van der Waals surface area contributed by atoms with Crippen molar-refractivity contribution in [3.8, 4) is 11.7 Å². The van der Waals surface area contributed by atoms with Crippen LogP contribution in [0.25, 0.3) is 17.0 Å². The van der Waals surface area contributed by atoms with Crippen molar-refractivity contribution < 1.29 is 4.74 Å². The predicted octanol–water partition coefficient (Wildman–Crippen LogP) is 4.56. The summed E-state index contributed by atoms with van der Waals surface area (Å²) in [7, 11) is 1.65. The number of hydrogen-bond donors (Lipinski definition) is 1. The van der Waals surface area contributed by atoms with Gasteiger partial charge in [0.2, 0.25) is 5.95 Å². The molecule has 0 fully saturated rings. The summed E-state index contributed by atoms with van der Waals surface area (Å²) in [5.74, 6) is 1.50. The fraction of sp³-hybridized carbons (Fsp3) is 0.0588. The van der Waals surface area contributed by atoms with E-state index in [-0.39, 0.29) is 0 Å². The Morgan fingerprint density at radius 3 is 2.75 bits per heavy atom. The van der Waals surface area contributed by atoms with Crippen molar-refractivity contribution in [1.82, 2.24) is 19.7 Å². The molecular formula is C17H13ClN4OS. The average Bonchev–Trinajstić information content (AvgIpc) is 3.25. The lowest BCUT2D eigenvalue weighted by atomic mass is 10.3. The number of benzene rings is 2. The van der Waals surface area contributed by atoms with E-state index < -0.39 is 0 Å². The Kier molecular flexibility index (Phi) is 3.92. The first-order valence-electron chi connectivity index (χ1n) is 7.24. The van der Waals surface area contributed by atoms with Gasteiger partial charge in [-0.15, -0.1) is 0 Å². The van der Waals surface area contributed by atoms with Gasteiger partial charge in [0, 0.05) is 22.2 Å². The molecule has 0 aliphatic carbocycles. The average molecular weight is 357 g/mol. The number of nitrogens with zero attached hydrogens (tertiary/aromatic N) is 3. The predicted molar refractivity (Wildman–Crippen MR) is 95.3 cm³/mol. The molecule has 24 heavy (non-hydrogen) atoms. The van der Waals surface area contributed by atoms with Gasteiger partial charge in [0.1, 0.15) is 5.75 Å². The first-order valence-corrected chi connectivity index (χ1v) is 8.43. The number of imidazole rings is 1. The largest absolute Gasteiger partial charge is 0.497 e. The molecule has 0 aliphatic rings. The second-order valence-electron chi connectivity index (χ2n) is 5.09. The number of aromatic nitrogens is 4. The molecule has 0 unspecified atom stereocenters. The first kappa shape index (κ1) is 15.1. The molecule has 4 rings (SSSR count). The Hall–Kier alpha value is -2.44. The van der Waals surface area contributed by atoms with E-state index in [1.165, 1.54) is 0 Å². The lowest BCUT2D eigenvalue weighted by Gasteiger charge is -2.05. The van der Waals surface area contributed by atoms with E-state index in [1.807, 2.05) is 48.7 Å². The number of rotatable bonds is 4. The number of fused-ring (bicyclic) bond motifs is 1. The third-order valence-corrected chi connectivity index (χ3v) is 5.02. The van der Waals surface area contributed by atoms with Gasteiger partial charge in [0.15, 0.2) is 0 Å². The third kappa shape index (κ3) is 2.86. The number of methoxy groups -OCH3 is 1. The standard InChI is InChI=1S/C17H13ClN4OS/c1-23-11-3-5-12(6-4-11)24-16-10-15-14(9-13(16)18)20-17(21-15)22-8-2-7-19-22/h2-10H,1H3,(H,20,21). The van der Waals surface area contributed by atoms with Crippen LogP contribution in [0.3, 0.4) is 0 Å². The minimum absolute atomic E-state index is 0.665. The highest BCUT2D eigenvalue weighted by Gasteiger charge is 2.10. The van der Waals surface area contributed by atoms with E-state index in [4.69, 9.17) is 16.3 Å². The lowest BCUT2D eigenvalue weighted by Crippen LogP contribution is -1.95. The third-order valence-electron chi connectivity index (χ3n) is 3.53. The zero-order valence-corrected chi connectivity index (χ0v) is 14.3. The monoisotopic (exact) mass is 356 g/mol. The van der Waals surface area contributed by atoms with Crippen LogP contribution < -0.4 is 4.74 Å². The van der Waals surface area contributed by atoms with Gasteiger partial charge in [0.25, 0.3) is 0 Å². The van der Waals surface area contributed by atoms with Crippen molar-refractivity contribution in [2.75, 3.05) is 7.11 Å². The van der Waals surface area contributed by atoms with Crippen molar-refractivity contribution in [2.24, 2.45) is 0 Å². The second kappa shape index (κ2) is 6.22. The summed E-state index contributed by atoms with van der Waals surface area (Å²) in [5, 5.41) is 4.86. The van der Waals surface area contributed by atoms with Crippen molar-refractivity contribution in [3.05, 3.63) is 59.9 Å². The molecule has 0 amide bonds. The van der Waals surface area contributed by atoms with Crippen LogP contribution >= 0.6 is 23.4 Å². The summed E-state index contributed by atoms with van der Waals surface area (Å²) >= 11 is 8.02. The topological polar surface area (TPSA) is 55.7 Å². The number of H-pyrrole nitrogens is 1. The molecule has 0 saturated heterocycles. The summed E-state index contributed by atoms with van der Waals surface area (Å²) in [6, 6.07) is 13.6. The molecule has 0 spiro atoms. The van der Waals surface area contributed by atoms with Gasteiger partial charge in [-0.25, -0.2) is 9.67 Å². The van der Waals surface area contributed by atoms with Gasteiger partial charge >= 0.3 is 0 Å². The Balaban J connectivity index is 1.68. The molecule has 0 aliphatic heterocycles. The van der Waals surface area contributed by atoms with E-state index >= 15 is 0 Å². The van der Waals surface area contributed by atoms with Crippen LogP contribution in [-0.4, -0.2) is 26.9 Å². The summed E-state index contributed by atoms with van der Waals surface area (Å²) in [6.45, 7) is 0. The molecule has 1 N–H and O–H groups in total. The smallest absolute Gasteiger partial charge is 0.229 e. The van der Waals surface area contributed by atoms with Crippen molar-refractivity contribution >= 4 is 34.4 Å². The highest BCUT2D eigenvalue weighted by molar-refractivity contribution is 7.99. The normalized spacial score (nSPS) is 11.1. The number of hydrogen-bond acceptors (Lipinski definition) is 4. The van der Waals surface area contributed by atoms with Crippen molar-refractivity contribution in [2.45, 2.75) is 9.79 Å². The fourth-order valence-electron chi connectivity index (χ4n) is 2.35. The van der Waals surface area contributed by atoms with Gasteiger partial charge in [-0.2, -0.15) is 5.10 Å². The Morgan fingerprint density at radius 1 is 1.21 bits per heavy atom. The summed E-state index contributed by atoms with van der Waals surface area (Å²) in [5.41, 5.74) is 1.73. The molecule has 5 nitrogen and oxygen atoms in total. The molecule has 0 atom stereocenters. The van der Waals surface area contributed by atoms with Gasteiger partial charge in [-0.1, -0.05) is 23.4 Å². The molecular weight excluding hydrogens is 344 g/mol. The van der Waals surface area contributed by atoms with E-state index in [1.54, 1.807) is 29.8 Å². The SMILES string of the molecule is COc1ccc(Sc2cc3nc(-n4cccn4)[nH]c3cc2Cl)cc1. The number of aromatic amines is 1.